The van der Waals surface area contributed by atoms with E-state index in [1.165, 1.54) is 22.8 Å². The van der Waals surface area contributed by atoms with Gasteiger partial charge < -0.3 is 0 Å². The van der Waals surface area contributed by atoms with Crippen molar-refractivity contribution in [3.63, 3.8) is 0 Å². The van der Waals surface area contributed by atoms with Crippen LogP contribution in [0.2, 0.25) is 0 Å². The van der Waals surface area contributed by atoms with Crippen molar-refractivity contribution >= 4 is 16.3 Å². The molecule has 1 nitrogen and oxygen atoms in total. The second kappa shape index (κ2) is 13.6. The predicted octanol–water partition coefficient (Wildman–Crippen LogP) is 10.6. The molecule has 1 aromatic heterocycles. The minimum atomic E-state index is -0.356. The summed E-state index contributed by atoms with van der Waals surface area (Å²) in [5, 5.41) is 2.39. The molecule has 2 heteroatoms. The third-order valence-electron chi connectivity index (χ3n) is 6.64. The highest BCUT2D eigenvalue weighted by molar-refractivity contribution is 6.00. The third kappa shape index (κ3) is 6.06. The molecule has 4 rings (SSSR count). The van der Waals surface area contributed by atoms with Gasteiger partial charge in [0.25, 0.3) is 0 Å². The maximum Gasteiger partial charge on any atom is 0.126 e. The predicted molar refractivity (Wildman–Crippen MR) is 151 cm³/mol. The normalized spacial score (nSPS) is 18.0. The number of hydrogen-bond donors (Lipinski definition) is 0. The molecule has 0 saturated heterocycles. The maximum atomic E-state index is 15.4. The quantitative estimate of drug-likeness (QED) is 0.411. The lowest BCUT2D eigenvalue weighted by Gasteiger charge is -2.41. The van der Waals surface area contributed by atoms with Gasteiger partial charge in [-0.15, -0.1) is 0 Å². The Balaban J connectivity index is 0.000000563. The molecule has 2 aliphatic carbocycles. The van der Waals surface area contributed by atoms with Crippen LogP contribution in [0.1, 0.15) is 107 Å². The number of hydrogen-bond acceptors (Lipinski definition) is 1. The van der Waals surface area contributed by atoms with Crippen LogP contribution in [0.3, 0.4) is 0 Å². The number of allylic oxidation sites excluding steroid dienone is 6. The number of halogens is 1. The van der Waals surface area contributed by atoms with Crippen molar-refractivity contribution in [2.24, 2.45) is 11.8 Å². The van der Waals surface area contributed by atoms with Crippen LogP contribution < -0.4 is 0 Å². The Bertz CT molecular complexity index is 1020. The minimum Gasteiger partial charge on any atom is -0.256 e. The Labute approximate surface area is 209 Å². The summed E-state index contributed by atoms with van der Waals surface area (Å²) in [6.45, 7) is 22.9. The lowest BCUT2D eigenvalue weighted by Crippen LogP contribution is -2.31. The molecule has 1 aromatic carbocycles. The monoisotopic (exact) mass is 465 g/mol. The first kappa shape index (κ1) is 29.8. The molecule has 0 amide bonds. The van der Waals surface area contributed by atoms with Crippen molar-refractivity contribution in [3.05, 3.63) is 70.8 Å². The summed E-state index contributed by atoms with van der Waals surface area (Å²) >= 11 is 0. The molecule has 0 N–H and O–H groups in total. The van der Waals surface area contributed by atoms with Gasteiger partial charge in [0.1, 0.15) is 5.83 Å². The smallest absolute Gasteiger partial charge is 0.126 e. The van der Waals surface area contributed by atoms with E-state index in [4.69, 9.17) is 4.98 Å². The summed E-state index contributed by atoms with van der Waals surface area (Å²) < 4.78 is 15.4. The number of benzene rings is 1. The average molecular weight is 466 g/mol. The van der Waals surface area contributed by atoms with Crippen LogP contribution in [0, 0.1) is 11.8 Å². The number of fused-ring (bicyclic) bond motifs is 1. The van der Waals surface area contributed by atoms with Gasteiger partial charge in [-0.05, 0) is 66.7 Å². The fourth-order valence-corrected chi connectivity index (χ4v) is 4.61. The second-order valence-corrected chi connectivity index (χ2v) is 9.58. The molecule has 1 heterocycles. The number of pyridine rings is 1. The van der Waals surface area contributed by atoms with Gasteiger partial charge in [-0.2, -0.15) is 0 Å². The highest BCUT2D eigenvalue weighted by Gasteiger charge is 2.42. The largest absolute Gasteiger partial charge is 0.256 e. The summed E-state index contributed by atoms with van der Waals surface area (Å²) in [5.74, 6) is 1.15. The van der Waals surface area contributed by atoms with Crippen LogP contribution >= 0.6 is 0 Å². The molecule has 2 aromatic rings. The van der Waals surface area contributed by atoms with E-state index >= 15 is 4.39 Å². The second-order valence-electron chi connectivity index (χ2n) is 9.58. The molecular formula is C32H48FN. The Morgan fingerprint density at radius 2 is 1.74 bits per heavy atom. The van der Waals surface area contributed by atoms with Gasteiger partial charge >= 0.3 is 0 Å². The van der Waals surface area contributed by atoms with Crippen molar-refractivity contribution in [1.29, 1.82) is 0 Å². The molecule has 1 unspecified atom stereocenters. The summed E-state index contributed by atoms with van der Waals surface area (Å²) in [6.07, 6.45) is 9.14. The average Bonchev–Trinajstić information content (AvgIpc) is 2.85. The zero-order valence-electron chi connectivity index (χ0n) is 23.6. The lowest BCUT2D eigenvalue weighted by molar-refractivity contribution is 0.511. The summed E-state index contributed by atoms with van der Waals surface area (Å²) in [5.41, 5.74) is 4.65. The van der Waals surface area contributed by atoms with Crippen LogP contribution in [0.5, 0.6) is 0 Å². The van der Waals surface area contributed by atoms with Crippen molar-refractivity contribution in [2.45, 2.75) is 101 Å². The molecule has 188 valence electrons. The Morgan fingerprint density at radius 3 is 2.29 bits per heavy atom. The standard InChI is InChI=1S/C23H24FN.C5H12.2C2H6/c1-5-6-8-16-13-14(2)21(24)20-19(16)22-18-15(11-12-25-22)9-7-10-17(18)23(20,3)4;1-4-5(2)3;2*1-2/h5-7,9-12,16H,8,13H2,1-4H3;5H,4H2,1-3H3;2*1-2H3. The zero-order chi connectivity index (χ0) is 26.1. The molecule has 0 bridgehead atoms. The van der Waals surface area contributed by atoms with Crippen LogP contribution in [-0.4, -0.2) is 4.98 Å². The van der Waals surface area contributed by atoms with E-state index in [2.05, 4.69) is 71.0 Å². The molecule has 34 heavy (non-hydrogen) atoms. The van der Waals surface area contributed by atoms with Crippen molar-refractivity contribution in [2.75, 3.05) is 0 Å². The molecule has 0 radical (unpaired) electrons. The Morgan fingerprint density at radius 1 is 1.12 bits per heavy atom. The molecule has 0 fully saturated rings. The molecular weight excluding hydrogens is 417 g/mol. The highest BCUT2D eigenvalue weighted by Crippen LogP contribution is 2.54. The maximum absolute atomic E-state index is 15.4. The van der Waals surface area contributed by atoms with Gasteiger partial charge in [-0.3, -0.25) is 4.98 Å². The first-order valence-corrected chi connectivity index (χ1v) is 13.3. The summed E-state index contributed by atoms with van der Waals surface area (Å²) in [6, 6.07) is 8.40. The van der Waals surface area contributed by atoms with E-state index in [-0.39, 0.29) is 17.2 Å². The van der Waals surface area contributed by atoms with E-state index in [1.54, 1.807) is 0 Å². The van der Waals surface area contributed by atoms with Crippen LogP contribution in [0.15, 0.2) is 59.6 Å². The fourth-order valence-electron chi connectivity index (χ4n) is 4.61. The molecule has 0 saturated carbocycles. The zero-order valence-corrected chi connectivity index (χ0v) is 23.6. The third-order valence-corrected chi connectivity index (χ3v) is 6.64. The molecule has 0 aliphatic heterocycles. The number of aromatic nitrogens is 1. The fraction of sp³-hybridized carbons (Fsp3) is 0.531. The highest BCUT2D eigenvalue weighted by atomic mass is 19.1. The van der Waals surface area contributed by atoms with E-state index in [0.717, 1.165) is 41.2 Å². The van der Waals surface area contributed by atoms with E-state index in [9.17, 15) is 0 Å². The summed E-state index contributed by atoms with van der Waals surface area (Å²) in [4.78, 5) is 4.73. The van der Waals surface area contributed by atoms with E-state index < -0.39 is 0 Å². The van der Waals surface area contributed by atoms with Gasteiger partial charge in [-0.1, -0.05) is 99.1 Å². The van der Waals surface area contributed by atoms with Crippen LogP contribution in [0.25, 0.3) is 16.3 Å². The van der Waals surface area contributed by atoms with Crippen LogP contribution in [0.4, 0.5) is 4.39 Å². The van der Waals surface area contributed by atoms with Gasteiger partial charge in [0, 0.05) is 22.6 Å². The van der Waals surface area contributed by atoms with Crippen LogP contribution in [-0.2, 0) is 5.41 Å². The van der Waals surface area contributed by atoms with Crippen molar-refractivity contribution < 1.29 is 4.39 Å². The van der Waals surface area contributed by atoms with E-state index in [1.807, 2.05) is 47.7 Å². The van der Waals surface area contributed by atoms with Gasteiger partial charge in [-0.25, -0.2) is 4.39 Å². The minimum absolute atomic E-state index is 0.0231. The first-order valence-electron chi connectivity index (χ1n) is 13.3. The molecule has 0 spiro atoms. The SMILES string of the molecule is CC.CC.CC=CCC1CC(C)=C(F)C2=C1c1nccc3cccc(c13)C2(C)C.CCC(C)C. The number of nitrogens with zero attached hydrogens (tertiary/aromatic N) is 1. The first-order chi connectivity index (χ1) is 16.2. The lowest BCUT2D eigenvalue weighted by atomic mass is 9.63. The van der Waals surface area contributed by atoms with Gasteiger partial charge in [0.15, 0.2) is 0 Å². The van der Waals surface area contributed by atoms with Crippen molar-refractivity contribution in [3.8, 4) is 0 Å². The molecule has 2 aliphatic rings. The van der Waals surface area contributed by atoms with E-state index in [0.29, 0.717) is 0 Å². The topological polar surface area (TPSA) is 12.9 Å². The van der Waals surface area contributed by atoms with Gasteiger partial charge in [0.05, 0.1) is 5.69 Å². The Kier molecular flexibility index (Phi) is 11.9. The van der Waals surface area contributed by atoms with Crippen molar-refractivity contribution in [1.82, 2.24) is 4.98 Å². The Hall–Kier alpha value is -2.22. The van der Waals surface area contributed by atoms with Gasteiger partial charge in [0.2, 0.25) is 0 Å². The number of rotatable bonds is 3. The molecule has 1 atom stereocenters. The summed E-state index contributed by atoms with van der Waals surface area (Å²) in [7, 11) is 0.